The molecule has 0 saturated carbocycles. The van der Waals surface area contributed by atoms with Crippen molar-refractivity contribution in [2.45, 2.75) is 19.4 Å². The van der Waals surface area contributed by atoms with Crippen molar-refractivity contribution in [1.29, 1.82) is 0 Å². The summed E-state index contributed by atoms with van der Waals surface area (Å²) in [4.78, 5) is 29.1. The van der Waals surface area contributed by atoms with Crippen molar-refractivity contribution in [2.75, 3.05) is 48.5 Å². The molecule has 1 N–H and O–H groups in total. The van der Waals surface area contributed by atoms with Gasteiger partial charge in [0.2, 0.25) is 5.78 Å². The zero-order valence-electron chi connectivity index (χ0n) is 20.6. The van der Waals surface area contributed by atoms with Crippen LogP contribution in [0.1, 0.15) is 29.2 Å². The number of quaternary nitrogens is 1. The Morgan fingerprint density at radius 2 is 1.65 bits per heavy atom. The van der Waals surface area contributed by atoms with E-state index in [0.717, 1.165) is 6.54 Å². The molecule has 0 aromatic heterocycles. The number of nitrogens with one attached hydrogen (secondary N) is 1. The number of likely N-dealkylation sites (tertiary alicyclic amines) is 1. The normalized spacial score (nSPS) is 17.4. The van der Waals surface area contributed by atoms with Gasteiger partial charge in [-0.15, -0.1) is 0 Å². The summed E-state index contributed by atoms with van der Waals surface area (Å²) >= 11 is 0. The number of carbonyl (C=O) groups is 2. The molecule has 1 aliphatic heterocycles. The van der Waals surface area contributed by atoms with E-state index in [0.29, 0.717) is 46.9 Å². The van der Waals surface area contributed by atoms with Gasteiger partial charge in [0, 0.05) is 24.1 Å². The summed E-state index contributed by atoms with van der Waals surface area (Å²) in [6.45, 7) is 2.91. The second-order valence-corrected chi connectivity index (χ2v) is 8.57. The molecule has 0 radical (unpaired) electrons. The molecule has 1 aliphatic rings. The molecule has 1 fully saturated rings. The van der Waals surface area contributed by atoms with Crippen LogP contribution in [0.5, 0.6) is 17.2 Å². The van der Waals surface area contributed by atoms with Gasteiger partial charge in [-0.3, -0.25) is 9.59 Å². The van der Waals surface area contributed by atoms with Gasteiger partial charge >= 0.3 is 0 Å². The second-order valence-electron chi connectivity index (χ2n) is 8.57. The van der Waals surface area contributed by atoms with E-state index in [4.69, 9.17) is 14.2 Å². The van der Waals surface area contributed by atoms with Crippen LogP contribution in [0.2, 0.25) is 0 Å². The molecule has 1 unspecified atom stereocenters. The zero-order chi connectivity index (χ0) is 25.0. The molecule has 1 heterocycles. The van der Waals surface area contributed by atoms with Gasteiger partial charge in [-0.05, 0) is 48.4 Å². The number of carbonyl (C=O) groups excluding carboxylic acids is 2. The summed E-state index contributed by atoms with van der Waals surface area (Å²) in [5.41, 5.74) is 1.46. The molecular formula is C26H32N2O6. The quantitative estimate of drug-likeness (QED) is 0.332. The maximum atomic E-state index is 13.7. The lowest BCUT2D eigenvalue weighted by atomic mass is 9.93. The molecular weight excluding hydrogens is 436 g/mol. The topological polar surface area (TPSA) is 92.6 Å². The van der Waals surface area contributed by atoms with E-state index < -0.39 is 23.5 Å². The van der Waals surface area contributed by atoms with Crippen LogP contribution in [0.4, 0.5) is 0 Å². The Morgan fingerprint density at radius 3 is 2.24 bits per heavy atom. The first-order valence-corrected chi connectivity index (χ1v) is 11.2. The molecule has 1 saturated heterocycles. The Kier molecular flexibility index (Phi) is 7.83. The average molecular weight is 469 g/mol. The maximum absolute atomic E-state index is 13.7. The third-order valence-corrected chi connectivity index (χ3v) is 6.01. The molecule has 2 aromatic carbocycles. The van der Waals surface area contributed by atoms with Gasteiger partial charge in [-0.25, -0.2) is 0 Å². The molecule has 1 amide bonds. The average Bonchev–Trinajstić information content (AvgIpc) is 3.07. The first-order chi connectivity index (χ1) is 16.2. The summed E-state index contributed by atoms with van der Waals surface area (Å²) in [7, 11) is 8.63. The van der Waals surface area contributed by atoms with E-state index >= 15 is 0 Å². The highest BCUT2D eigenvalue weighted by Gasteiger charge is 2.45. The molecule has 0 spiro atoms. The van der Waals surface area contributed by atoms with E-state index in [1.807, 2.05) is 14.1 Å². The van der Waals surface area contributed by atoms with Crippen LogP contribution in [0.25, 0.3) is 5.76 Å². The zero-order valence-corrected chi connectivity index (χ0v) is 20.6. The second kappa shape index (κ2) is 10.6. The Bertz CT molecular complexity index is 1110. The molecule has 182 valence electrons. The summed E-state index contributed by atoms with van der Waals surface area (Å²) in [5, 5.41) is 13.7. The van der Waals surface area contributed by atoms with Crippen LogP contribution in [0, 0.1) is 6.92 Å². The van der Waals surface area contributed by atoms with Gasteiger partial charge < -0.3 is 29.1 Å². The minimum atomic E-state index is -0.879. The first-order valence-electron chi connectivity index (χ1n) is 11.2. The number of ether oxygens (including phenoxy) is 3. The lowest BCUT2D eigenvalue weighted by Gasteiger charge is -2.29. The van der Waals surface area contributed by atoms with Crippen molar-refractivity contribution < 1.29 is 33.8 Å². The van der Waals surface area contributed by atoms with Crippen LogP contribution in [-0.2, 0) is 9.59 Å². The Balaban J connectivity index is 2.22. The SMILES string of the molecule is COc1ccc(C([O-])=C2C(=O)C(=O)N(CCC[NH+](C)C)C2c2cc(OC)ccc2OC)c(C)c1. The fraction of sp³-hybridized carbons (Fsp3) is 0.385. The summed E-state index contributed by atoms with van der Waals surface area (Å²) in [5.74, 6) is -0.341. The van der Waals surface area contributed by atoms with Crippen LogP contribution >= 0.6 is 0 Å². The van der Waals surface area contributed by atoms with Crippen molar-refractivity contribution in [3.05, 3.63) is 58.7 Å². The van der Waals surface area contributed by atoms with Crippen LogP contribution in [-0.4, -0.2) is 65.1 Å². The molecule has 2 aromatic rings. The smallest absolute Gasteiger partial charge is 0.295 e. The van der Waals surface area contributed by atoms with E-state index in [-0.39, 0.29) is 5.57 Å². The van der Waals surface area contributed by atoms with Gasteiger partial charge in [-0.2, -0.15) is 0 Å². The Hall–Kier alpha value is -3.52. The number of methoxy groups -OCH3 is 3. The third kappa shape index (κ3) is 4.87. The van der Waals surface area contributed by atoms with Crippen molar-refractivity contribution >= 4 is 17.4 Å². The first kappa shape index (κ1) is 25.1. The van der Waals surface area contributed by atoms with E-state index in [1.54, 1.807) is 50.4 Å². The predicted octanol–water partition coefficient (Wildman–Crippen LogP) is 0.779. The Morgan fingerprint density at radius 1 is 1.00 bits per heavy atom. The van der Waals surface area contributed by atoms with Crippen molar-refractivity contribution in [1.82, 2.24) is 4.90 Å². The standard InChI is InChI=1S/C26H32N2O6/c1-16-14-17(32-4)8-10-19(16)24(29)22-23(20-15-18(33-5)9-11-21(20)34-6)28(26(31)25(22)30)13-7-12-27(2)3/h8-11,14-15,23,29H,7,12-13H2,1-6H3. The number of nitrogens with zero attached hydrogens (tertiary/aromatic N) is 1. The van der Waals surface area contributed by atoms with Crippen LogP contribution in [0.15, 0.2) is 42.0 Å². The number of ketones is 1. The van der Waals surface area contributed by atoms with Gasteiger partial charge in [0.1, 0.15) is 17.2 Å². The number of aryl methyl sites for hydroxylation is 1. The summed E-state index contributed by atoms with van der Waals surface area (Å²) in [6, 6.07) is 9.30. The number of hydrogen-bond acceptors (Lipinski definition) is 6. The highest BCUT2D eigenvalue weighted by Crippen LogP contribution is 2.43. The minimum Gasteiger partial charge on any atom is -0.872 e. The van der Waals surface area contributed by atoms with Gasteiger partial charge in [0.15, 0.2) is 0 Å². The fourth-order valence-corrected chi connectivity index (χ4v) is 4.24. The minimum absolute atomic E-state index is 0.0815. The maximum Gasteiger partial charge on any atom is 0.295 e. The molecule has 0 bridgehead atoms. The molecule has 3 rings (SSSR count). The number of benzene rings is 2. The monoisotopic (exact) mass is 468 g/mol. The van der Waals surface area contributed by atoms with Crippen molar-refractivity contribution in [2.24, 2.45) is 0 Å². The number of Topliss-reactive ketones (excluding diaryl/α,β-unsaturated/α-hetero) is 1. The van der Waals surface area contributed by atoms with Crippen LogP contribution in [0.3, 0.4) is 0 Å². The molecule has 0 aliphatic carbocycles. The third-order valence-electron chi connectivity index (χ3n) is 6.01. The number of hydrogen-bond donors (Lipinski definition) is 1. The number of rotatable bonds is 9. The molecule has 1 atom stereocenters. The highest BCUT2D eigenvalue weighted by atomic mass is 16.5. The number of amides is 1. The summed E-state index contributed by atoms with van der Waals surface area (Å²) in [6.07, 6.45) is 0.674. The molecule has 8 nitrogen and oxygen atoms in total. The van der Waals surface area contributed by atoms with Crippen molar-refractivity contribution in [3.63, 3.8) is 0 Å². The molecule has 8 heteroatoms. The van der Waals surface area contributed by atoms with Crippen molar-refractivity contribution in [3.8, 4) is 17.2 Å². The predicted molar refractivity (Wildman–Crippen MR) is 126 cm³/mol. The summed E-state index contributed by atoms with van der Waals surface area (Å²) < 4.78 is 16.2. The van der Waals surface area contributed by atoms with Gasteiger partial charge in [-0.1, -0.05) is 11.8 Å². The van der Waals surface area contributed by atoms with E-state index in [1.165, 1.54) is 24.0 Å². The van der Waals surface area contributed by atoms with E-state index in [9.17, 15) is 14.7 Å². The van der Waals surface area contributed by atoms with Gasteiger partial charge in [0.25, 0.3) is 5.91 Å². The lowest BCUT2D eigenvalue weighted by Crippen LogP contribution is -3.05. The van der Waals surface area contributed by atoms with Gasteiger partial charge in [0.05, 0.1) is 48.0 Å². The largest absolute Gasteiger partial charge is 0.872 e. The highest BCUT2D eigenvalue weighted by molar-refractivity contribution is 6.46. The fourth-order valence-electron chi connectivity index (χ4n) is 4.24. The lowest BCUT2D eigenvalue weighted by molar-refractivity contribution is -0.858. The van der Waals surface area contributed by atoms with Crippen LogP contribution < -0.4 is 24.2 Å². The Labute approximate surface area is 200 Å². The molecule has 34 heavy (non-hydrogen) atoms. The van der Waals surface area contributed by atoms with E-state index in [2.05, 4.69) is 0 Å².